The molecule has 6 nitrogen and oxygen atoms in total. The van der Waals surface area contributed by atoms with E-state index in [0.717, 1.165) is 11.1 Å². The molecule has 0 radical (unpaired) electrons. The van der Waals surface area contributed by atoms with E-state index in [1.807, 2.05) is 44.2 Å². The van der Waals surface area contributed by atoms with E-state index in [-0.39, 0.29) is 23.2 Å². The summed E-state index contributed by atoms with van der Waals surface area (Å²) in [6.45, 7) is 15.7. The molecule has 1 aromatic rings. The summed E-state index contributed by atoms with van der Waals surface area (Å²) in [5, 5.41) is 2.92. The summed E-state index contributed by atoms with van der Waals surface area (Å²) >= 11 is 0. The van der Waals surface area contributed by atoms with Crippen LogP contribution in [0.15, 0.2) is 41.5 Å². The average Bonchev–Trinajstić information content (AvgIpc) is 2.65. The van der Waals surface area contributed by atoms with Crippen LogP contribution in [0.3, 0.4) is 0 Å². The average molecular weight is 434 g/mol. The molecule has 2 aliphatic heterocycles. The molecule has 0 aliphatic carbocycles. The van der Waals surface area contributed by atoms with Crippen LogP contribution >= 0.6 is 0 Å². The van der Waals surface area contributed by atoms with Crippen LogP contribution in [0.25, 0.3) is 0 Å². The minimum atomic E-state index is -1.95. The molecule has 7 heteroatoms. The molecule has 1 N–H and O–H groups in total. The second kappa shape index (κ2) is 8.92. The lowest BCUT2D eigenvalue weighted by molar-refractivity contribution is -0.278. The van der Waals surface area contributed by atoms with Crippen molar-refractivity contribution in [3.05, 3.63) is 47.0 Å². The molecule has 0 saturated carbocycles. The van der Waals surface area contributed by atoms with E-state index >= 15 is 0 Å². The molecule has 2 aliphatic rings. The minimum Gasteiger partial charge on any atom is -0.414 e. The second-order valence-corrected chi connectivity index (χ2v) is 14.6. The molecule has 0 spiro atoms. The third-order valence-electron chi connectivity index (χ3n) is 6.23. The van der Waals surface area contributed by atoms with Crippen molar-refractivity contribution in [2.45, 2.75) is 77.5 Å². The van der Waals surface area contributed by atoms with Crippen LogP contribution in [0.1, 0.15) is 46.5 Å². The summed E-state index contributed by atoms with van der Waals surface area (Å²) < 4.78 is 25.0. The Balaban J connectivity index is 1.74. The van der Waals surface area contributed by atoms with Gasteiger partial charge >= 0.3 is 0 Å². The minimum absolute atomic E-state index is 0.0751. The fraction of sp³-hybridized carbons (Fsp3) is 0.609. The van der Waals surface area contributed by atoms with Gasteiger partial charge in [0.05, 0.1) is 18.8 Å². The van der Waals surface area contributed by atoms with Crippen molar-refractivity contribution in [2.75, 3.05) is 13.2 Å². The molecule has 2 heterocycles. The van der Waals surface area contributed by atoms with Crippen molar-refractivity contribution in [2.24, 2.45) is 0 Å². The monoisotopic (exact) mass is 433 g/mol. The number of benzene rings is 1. The van der Waals surface area contributed by atoms with Gasteiger partial charge in [0.2, 0.25) is 0 Å². The van der Waals surface area contributed by atoms with Gasteiger partial charge in [-0.3, -0.25) is 4.79 Å². The van der Waals surface area contributed by atoms with Crippen LogP contribution in [-0.4, -0.2) is 45.9 Å². The van der Waals surface area contributed by atoms with Crippen molar-refractivity contribution >= 4 is 14.2 Å². The van der Waals surface area contributed by atoms with Gasteiger partial charge in [0.25, 0.3) is 5.91 Å². The van der Waals surface area contributed by atoms with Gasteiger partial charge in [0, 0.05) is 5.56 Å². The fourth-order valence-electron chi connectivity index (χ4n) is 3.22. The van der Waals surface area contributed by atoms with Gasteiger partial charge in [-0.05, 0) is 32.0 Å². The molecule has 0 unspecified atom stereocenters. The van der Waals surface area contributed by atoms with Gasteiger partial charge in [-0.1, -0.05) is 56.7 Å². The largest absolute Gasteiger partial charge is 0.414 e. The Kier molecular flexibility index (Phi) is 6.89. The first-order valence-corrected chi connectivity index (χ1v) is 13.5. The maximum atomic E-state index is 11.9. The third kappa shape index (κ3) is 5.03. The number of amides is 1. The number of ether oxygens (including phenoxy) is 3. The Hall–Kier alpha value is -1.51. The van der Waals surface area contributed by atoms with Crippen LogP contribution < -0.4 is 5.32 Å². The molecule has 0 aromatic heterocycles. The van der Waals surface area contributed by atoms with E-state index in [4.69, 9.17) is 18.6 Å². The van der Waals surface area contributed by atoms with Crippen LogP contribution in [0.2, 0.25) is 18.1 Å². The van der Waals surface area contributed by atoms with Crippen molar-refractivity contribution in [1.82, 2.24) is 5.32 Å². The van der Waals surface area contributed by atoms with Gasteiger partial charge in [-0.2, -0.15) is 0 Å². The molecule has 4 atom stereocenters. The second-order valence-electron chi connectivity index (χ2n) is 9.76. The number of carbonyl (C=O) groups excluding carboxylic acids is 1. The number of nitrogens with one attached hydrogen (secondary N) is 1. The third-order valence-corrected chi connectivity index (χ3v) is 10.7. The highest BCUT2D eigenvalue weighted by Gasteiger charge is 2.43. The Morgan fingerprint density at radius 3 is 2.43 bits per heavy atom. The molecule has 166 valence electrons. The van der Waals surface area contributed by atoms with Crippen molar-refractivity contribution < 1.29 is 23.4 Å². The summed E-state index contributed by atoms with van der Waals surface area (Å²) in [7, 11) is -1.95. The highest BCUT2D eigenvalue weighted by Crippen LogP contribution is 2.38. The molecular weight excluding hydrogens is 398 g/mol. The predicted octanol–water partition coefficient (Wildman–Crippen LogP) is 4.30. The highest BCUT2D eigenvalue weighted by molar-refractivity contribution is 6.74. The molecule has 30 heavy (non-hydrogen) atoms. The molecule has 3 rings (SSSR count). The fourth-order valence-corrected chi connectivity index (χ4v) is 4.23. The first-order valence-electron chi connectivity index (χ1n) is 10.6. The molecule has 1 aromatic carbocycles. The molecule has 0 bridgehead atoms. The first kappa shape index (κ1) is 23.2. The Labute approximate surface area is 181 Å². The van der Waals surface area contributed by atoms with Gasteiger partial charge in [-0.25, -0.2) is 0 Å². The Bertz CT molecular complexity index is 783. The first-order chi connectivity index (χ1) is 14.0. The van der Waals surface area contributed by atoms with Gasteiger partial charge < -0.3 is 24.0 Å². The van der Waals surface area contributed by atoms with Crippen molar-refractivity contribution in [3.63, 3.8) is 0 Å². The Morgan fingerprint density at radius 1 is 1.20 bits per heavy atom. The van der Waals surface area contributed by atoms with E-state index in [0.29, 0.717) is 18.8 Å². The van der Waals surface area contributed by atoms with E-state index in [1.54, 1.807) is 0 Å². The van der Waals surface area contributed by atoms with E-state index < -0.39 is 20.8 Å². The lowest BCUT2D eigenvalue weighted by atomic mass is 10.0. The van der Waals surface area contributed by atoms with Crippen LogP contribution in [-0.2, 0) is 23.4 Å². The summed E-state index contributed by atoms with van der Waals surface area (Å²) in [5.41, 5.74) is 2.61. The number of carbonyl (C=O) groups is 1. The summed E-state index contributed by atoms with van der Waals surface area (Å²) in [4.78, 5) is 11.9. The zero-order valence-electron chi connectivity index (χ0n) is 19.2. The topological polar surface area (TPSA) is 66.0 Å². The quantitative estimate of drug-likeness (QED) is 0.412. The van der Waals surface area contributed by atoms with Crippen LogP contribution in [0.5, 0.6) is 0 Å². The standard InChI is InChI=1S/C23H35NO5Si/c1-15(2)19-20(25)24-21(19)28-17-13-26-22(16-11-9-8-10-12-16)29-18(17)14-27-30(6,7)23(3,4)5/h8-12,17-18,21-22H,13-14H2,1-7H3,(H,24,25)/t17-,18-,21+,22+/m1/s1. The van der Waals surface area contributed by atoms with Crippen LogP contribution in [0.4, 0.5) is 0 Å². The summed E-state index contributed by atoms with van der Waals surface area (Å²) in [6, 6.07) is 9.89. The maximum Gasteiger partial charge on any atom is 0.253 e. The van der Waals surface area contributed by atoms with Crippen molar-refractivity contribution in [1.29, 1.82) is 0 Å². The van der Waals surface area contributed by atoms with Gasteiger partial charge in [-0.15, -0.1) is 0 Å². The smallest absolute Gasteiger partial charge is 0.253 e. The number of rotatable bonds is 6. The number of hydrogen-bond acceptors (Lipinski definition) is 5. The lowest BCUT2D eigenvalue weighted by Crippen LogP contribution is -2.58. The zero-order valence-corrected chi connectivity index (χ0v) is 20.2. The molecule has 2 fully saturated rings. The number of hydrogen-bond donors (Lipinski definition) is 1. The number of allylic oxidation sites excluding steroid dienone is 1. The van der Waals surface area contributed by atoms with E-state index in [1.165, 1.54) is 0 Å². The van der Waals surface area contributed by atoms with Crippen LogP contribution in [0, 0.1) is 0 Å². The maximum absolute atomic E-state index is 11.9. The van der Waals surface area contributed by atoms with Gasteiger partial charge in [0.15, 0.2) is 20.8 Å². The summed E-state index contributed by atoms with van der Waals surface area (Å²) in [5.74, 6) is -0.0751. The molecule has 2 saturated heterocycles. The van der Waals surface area contributed by atoms with Gasteiger partial charge in [0.1, 0.15) is 12.2 Å². The SMILES string of the molecule is CC(C)=C1C(=O)N[C@H]1O[C@@H]1CO[C@H](c2ccccc2)O[C@@H]1CO[Si](C)(C)C(C)(C)C. The molecule has 1 amide bonds. The number of β-lactam (4-membered cyclic amide) rings is 1. The van der Waals surface area contributed by atoms with E-state index in [2.05, 4.69) is 39.2 Å². The normalized spacial score (nSPS) is 27.4. The van der Waals surface area contributed by atoms with Crippen molar-refractivity contribution in [3.8, 4) is 0 Å². The van der Waals surface area contributed by atoms with E-state index in [9.17, 15) is 4.79 Å². The molecular formula is C23H35NO5Si. The highest BCUT2D eigenvalue weighted by atomic mass is 28.4. The summed E-state index contributed by atoms with van der Waals surface area (Å²) in [6.07, 6.45) is -1.52. The lowest BCUT2D eigenvalue weighted by Gasteiger charge is -2.43. The zero-order chi connectivity index (χ0) is 22.1. The predicted molar refractivity (Wildman–Crippen MR) is 118 cm³/mol. The Morgan fingerprint density at radius 2 is 1.87 bits per heavy atom.